The van der Waals surface area contributed by atoms with Gasteiger partial charge in [0.2, 0.25) is 0 Å². The Labute approximate surface area is 113 Å². The molecule has 2 fully saturated rings. The van der Waals surface area contributed by atoms with E-state index in [-0.39, 0.29) is 6.10 Å². The maximum Gasteiger partial charge on any atom is 0.0580 e. The smallest absolute Gasteiger partial charge is 0.0580 e. The van der Waals surface area contributed by atoms with Crippen molar-refractivity contribution < 1.29 is 5.11 Å². The van der Waals surface area contributed by atoms with E-state index in [1.54, 1.807) is 0 Å². The van der Waals surface area contributed by atoms with Gasteiger partial charge in [0.05, 0.1) is 6.10 Å². The van der Waals surface area contributed by atoms with Crippen molar-refractivity contribution >= 4 is 0 Å². The second kappa shape index (κ2) is 7.49. The van der Waals surface area contributed by atoms with Crippen LogP contribution in [0.5, 0.6) is 0 Å². The minimum atomic E-state index is -0.0405. The summed E-state index contributed by atoms with van der Waals surface area (Å²) in [5, 5.41) is 10.2. The summed E-state index contributed by atoms with van der Waals surface area (Å²) in [6, 6.07) is 0. The van der Waals surface area contributed by atoms with Gasteiger partial charge in [-0.3, -0.25) is 0 Å². The highest BCUT2D eigenvalue weighted by Gasteiger charge is 2.24. The van der Waals surface area contributed by atoms with Crippen LogP contribution in [0.2, 0.25) is 0 Å². The molecule has 0 aromatic rings. The van der Waals surface area contributed by atoms with Gasteiger partial charge < -0.3 is 10.0 Å². The van der Waals surface area contributed by atoms with Crippen molar-refractivity contribution in [2.75, 3.05) is 20.1 Å². The zero-order valence-corrected chi connectivity index (χ0v) is 12.1. The number of hydrogen-bond donors (Lipinski definition) is 1. The number of aliphatic hydroxyl groups is 1. The van der Waals surface area contributed by atoms with Crippen molar-refractivity contribution in [3.8, 4) is 0 Å². The maximum atomic E-state index is 10.2. The molecule has 106 valence electrons. The molecule has 0 bridgehead atoms. The molecule has 2 atom stereocenters. The van der Waals surface area contributed by atoms with Crippen molar-refractivity contribution in [2.45, 2.75) is 70.3 Å². The normalized spacial score (nSPS) is 31.5. The third-order valence-corrected chi connectivity index (χ3v) is 4.96. The van der Waals surface area contributed by atoms with Gasteiger partial charge in [-0.1, -0.05) is 38.5 Å². The van der Waals surface area contributed by atoms with Crippen molar-refractivity contribution in [3.05, 3.63) is 0 Å². The molecule has 0 aromatic carbocycles. The summed E-state index contributed by atoms with van der Waals surface area (Å²) in [6.07, 6.45) is 13.3. The molecule has 0 spiro atoms. The SMILES string of the molecule is CN(CC1CCCCC1)CC1CCCCCC1O. The van der Waals surface area contributed by atoms with Crippen molar-refractivity contribution in [1.82, 2.24) is 4.90 Å². The fraction of sp³-hybridized carbons (Fsp3) is 1.00. The highest BCUT2D eigenvalue weighted by atomic mass is 16.3. The molecule has 2 heteroatoms. The van der Waals surface area contributed by atoms with E-state index in [0.717, 1.165) is 18.9 Å². The zero-order valence-electron chi connectivity index (χ0n) is 12.1. The van der Waals surface area contributed by atoms with Crippen molar-refractivity contribution in [3.63, 3.8) is 0 Å². The summed E-state index contributed by atoms with van der Waals surface area (Å²) in [5.74, 6) is 1.45. The highest BCUT2D eigenvalue weighted by Crippen LogP contribution is 2.27. The lowest BCUT2D eigenvalue weighted by Gasteiger charge is -2.30. The van der Waals surface area contributed by atoms with Gasteiger partial charge in [0.15, 0.2) is 0 Å². The second-order valence-electron chi connectivity index (χ2n) is 6.69. The van der Waals surface area contributed by atoms with Crippen LogP contribution in [-0.2, 0) is 0 Å². The number of hydrogen-bond acceptors (Lipinski definition) is 2. The summed E-state index contributed by atoms with van der Waals surface area (Å²) < 4.78 is 0. The summed E-state index contributed by atoms with van der Waals surface area (Å²) in [4.78, 5) is 2.50. The molecule has 1 N–H and O–H groups in total. The molecule has 0 heterocycles. The molecule has 0 radical (unpaired) electrons. The molecular weight excluding hydrogens is 222 g/mol. The number of aliphatic hydroxyl groups excluding tert-OH is 1. The van der Waals surface area contributed by atoms with Gasteiger partial charge in [-0.25, -0.2) is 0 Å². The molecule has 0 aliphatic heterocycles. The molecule has 2 aliphatic carbocycles. The summed E-state index contributed by atoms with van der Waals surface area (Å²) in [6.45, 7) is 2.36. The Morgan fingerprint density at radius 1 is 0.833 bits per heavy atom. The van der Waals surface area contributed by atoms with Crippen LogP contribution in [0.3, 0.4) is 0 Å². The Bertz CT molecular complexity index is 225. The lowest BCUT2D eigenvalue weighted by atomic mass is 9.88. The average molecular weight is 253 g/mol. The van der Waals surface area contributed by atoms with Gasteiger partial charge in [0.25, 0.3) is 0 Å². The fourth-order valence-electron chi connectivity index (χ4n) is 3.86. The third kappa shape index (κ3) is 4.55. The molecule has 0 aromatic heterocycles. The first kappa shape index (κ1) is 14.3. The highest BCUT2D eigenvalue weighted by molar-refractivity contribution is 4.77. The first-order chi connectivity index (χ1) is 8.75. The van der Waals surface area contributed by atoms with E-state index >= 15 is 0 Å². The summed E-state index contributed by atoms with van der Waals surface area (Å²) >= 11 is 0. The van der Waals surface area contributed by atoms with Crippen LogP contribution >= 0.6 is 0 Å². The first-order valence-electron chi connectivity index (χ1n) is 8.12. The lowest BCUT2D eigenvalue weighted by Crippen LogP contribution is -2.35. The first-order valence-corrected chi connectivity index (χ1v) is 8.12. The monoisotopic (exact) mass is 253 g/mol. The van der Waals surface area contributed by atoms with Crippen LogP contribution in [0.25, 0.3) is 0 Å². The van der Waals surface area contributed by atoms with E-state index in [0.29, 0.717) is 5.92 Å². The van der Waals surface area contributed by atoms with Crippen LogP contribution in [0.15, 0.2) is 0 Å². The van der Waals surface area contributed by atoms with Crippen LogP contribution in [0, 0.1) is 11.8 Å². The molecule has 0 amide bonds. The van der Waals surface area contributed by atoms with E-state index in [2.05, 4.69) is 11.9 Å². The van der Waals surface area contributed by atoms with Crippen molar-refractivity contribution in [1.29, 1.82) is 0 Å². The summed E-state index contributed by atoms with van der Waals surface area (Å²) in [5.41, 5.74) is 0. The largest absolute Gasteiger partial charge is 0.393 e. The Morgan fingerprint density at radius 3 is 2.17 bits per heavy atom. The quantitative estimate of drug-likeness (QED) is 0.776. The average Bonchev–Trinajstić information content (AvgIpc) is 2.56. The molecule has 0 saturated heterocycles. The van der Waals surface area contributed by atoms with Crippen LogP contribution in [0.4, 0.5) is 0 Å². The molecular formula is C16H31NO. The van der Waals surface area contributed by atoms with Gasteiger partial charge >= 0.3 is 0 Å². The number of rotatable bonds is 4. The summed E-state index contributed by atoms with van der Waals surface area (Å²) in [7, 11) is 2.26. The second-order valence-corrected chi connectivity index (χ2v) is 6.69. The van der Waals surface area contributed by atoms with Gasteiger partial charge in [0.1, 0.15) is 0 Å². The zero-order chi connectivity index (χ0) is 12.8. The van der Waals surface area contributed by atoms with Gasteiger partial charge in [-0.15, -0.1) is 0 Å². The molecule has 2 saturated carbocycles. The lowest BCUT2D eigenvalue weighted by molar-refractivity contribution is 0.0741. The van der Waals surface area contributed by atoms with Crippen LogP contribution in [0.1, 0.15) is 64.2 Å². The van der Waals surface area contributed by atoms with E-state index < -0.39 is 0 Å². The van der Waals surface area contributed by atoms with E-state index in [4.69, 9.17) is 0 Å². The molecule has 2 aliphatic rings. The Balaban J connectivity index is 1.72. The Kier molecular flexibility index (Phi) is 5.97. The topological polar surface area (TPSA) is 23.5 Å². The van der Waals surface area contributed by atoms with Gasteiger partial charge in [0, 0.05) is 13.1 Å². The minimum absolute atomic E-state index is 0.0405. The molecule has 2 nitrogen and oxygen atoms in total. The van der Waals surface area contributed by atoms with E-state index in [1.165, 1.54) is 64.3 Å². The fourth-order valence-corrected chi connectivity index (χ4v) is 3.86. The van der Waals surface area contributed by atoms with E-state index in [1.807, 2.05) is 0 Å². The van der Waals surface area contributed by atoms with Gasteiger partial charge in [-0.2, -0.15) is 0 Å². The molecule has 2 rings (SSSR count). The maximum absolute atomic E-state index is 10.2. The molecule has 18 heavy (non-hydrogen) atoms. The number of nitrogens with zero attached hydrogens (tertiary/aromatic N) is 1. The molecule has 2 unspecified atom stereocenters. The predicted molar refractivity (Wildman–Crippen MR) is 76.7 cm³/mol. The van der Waals surface area contributed by atoms with Crippen LogP contribution in [-0.4, -0.2) is 36.2 Å². The predicted octanol–water partition coefficient (Wildman–Crippen LogP) is 3.44. The minimum Gasteiger partial charge on any atom is -0.393 e. The van der Waals surface area contributed by atoms with Crippen LogP contribution < -0.4 is 0 Å². The van der Waals surface area contributed by atoms with Crippen molar-refractivity contribution in [2.24, 2.45) is 11.8 Å². The Morgan fingerprint density at radius 2 is 1.44 bits per heavy atom. The third-order valence-electron chi connectivity index (χ3n) is 4.96. The Hall–Kier alpha value is -0.0800. The standard InChI is InChI=1S/C16H31NO/c1-17(12-14-8-4-2-5-9-14)13-15-10-6-3-7-11-16(15)18/h14-16,18H,2-13H2,1H3. The van der Waals surface area contributed by atoms with E-state index in [9.17, 15) is 5.11 Å². The van der Waals surface area contributed by atoms with Gasteiger partial charge in [-0.05, 0) is 44.6 Å².